The standard InChI is InChI=1S/C22H20FN3O2/c23-14-3-1-2-12(8-14)17-9-16-13(10-25-17)6-7-15-18(22(27)28)21(26-20(15)16)19(24)11-4-5-11/h1-3,8-11,19,26H,4-7,24H2,(H,27,28). The Morgan fingerprint density at radius 2 is 2.11 bits per heavy atom. The lowest BCUT2D eigenvalue weighted by molar-refractivity contribution is 0.0694. The zero-order chi connectivity index (χ0) is 19.4. The summed E-state index contributed by atoms with van der Waals surface area (Å²) >= 11 is 0. The van der Waals surface area contributed by atoms with Crippen LogP contribution in [0.2, 0.25) is 0 Å². The fourth-order valence-electron chi connectivity index (χ4n) is 4.21. The second-order valence-electron chi connectivity index (χ2n) is 7.67. The minimum Gasteiger partial charge on any atom is -0.478 e. The molecule has 3 aromatic rings. The second-order valence-corrected chi connectivity index (χ2v) is 7.67. The van der Waals surface area contributed by atoms with Crippen molar-refractivity contribution in [3.05, 3.63) is 64.7 Å². The molecule has 0 bridgehead atoms. The van der Waals surface area contributed by atoms with E-state index in [0.717, 1.165) is 41.6 Å². The monoisotopic (exact) mass is 377 g/mol. The fourth-order valence-corrected chi connectivity index (χ4v) is 4.21. The maximum Gasteiger partial charge on any atom is 0.337 e. The van der Waals surface area contributed by atoms with Crippen molar-refractivity contribution in [3.63, 3.8) is 0 Å². The van der Waals surface area contributed by atoms with E-state index in [4.69, 9.17) is 5.73 Å². The number of aryl methyl sites for hydroxylation is 1. The number of aromatic nitrogens is 2. The number of aromatic amines is 1. The molecule has 1 aromatic carbocycles. The summed E-state index contributed by atoms with van der Waals surface area (Å²) in [4.78, 5) is 19.8. The van der Waals surface area contributed by atoms with Crippen LogP contribution in [-0.2, 0) is 12.8 Å². The van der Waals surface area contributed by atoms with Gasteiger partial charge in [-0.25, -0.2) is 9.18 Å². The molecule has 0 aliphatic heterocycles. The molecular weight excluding hydrogens is 357 g/mol. The number of carboxylic acid groups (broad SMARTS) is 1. The van der Waals surface area contributed by atoms with E-state index in [1.807, 2.05) is 12.1 Å². The van der Waals surface area contributed by atoms with Crippen LogP contribution in [0.25, 0.3) is 22.5 Å². The first-order chi connectivity index (χ1) is 13.5. The molecule has 2 heterocycles. The van der Waals surface area contributed by atoms with E-state index in [1.54, 1.807) is 12.3 Å². The van der Waals surface area contributed by atoms with Crippen molar-refractivity contribution in [2.75, 3.05) is 0 Å². The molecule has 5 rings (SSSR count). The van der Waals surface area contributed by atoms with Gasteiger partial charge in [-0.05, 0) is 60.9 Å². The Kier molecular flexibility index (Phi) is 3.84. The molecule has 0 amide bonds. The van der Waals surface area contributed by atoms with Crippen molar-refractivity contribution in [2.24, 2.45) is 11.7 Å². The summed E-state index contributed by atoms with van der Waals surface area (Å²) in [7, 11) is 0. The largest absolute Gasteiger partial charge is 0.478 e. The Balaban J connectivity index is 1.66. The number of pyridine rings is 1. The van der Waals surface area contributed by atoms with E-state index >= 15 is 0 Å². The van der Waals surface area contributed by atoms with Crippen LogP contribution in [0.4, 0.5) is 4.39 Å². The first-order valence-corrected chi connectivity index (χ1v) is 9.51. The summed E-state index contributed by atoms with van der Waals surface area (Å²) < 4.78 is 13.6. The van der Waals surface area contributed by atoms with Gasteiger partial charge in [0.1, 0.15) is 5.82 Å². The van der Waals surface area contributed by atoms with E-state index in [0.29, 0.717) is 34.9 Å². The molecule has 4 N–H and O–H groups in total. The Morgan fingerprint density at radius 3 is 2.82 bits per heavy atom. The first kappa shape index (κ1) is 17.1. The van der Waals surface area contributed by atoms with E-state index in [9.17, 15) is 14.3 Å². The van der Waals surface area contributed by atoms with Crippen LogP contribution in [0, 0.1) is 11.7 Å². The Labute approximate surface area is 161 Å². The maximum absolute atomic E-state index is 13.6. The number of benzene rings is 1. The highest BCUT2D eigenvalue weighted by molar-refractivity contribution is 5.95. The number of hydrogen-bond donors (Lipinski definition) is 3. The Hall–Kier alpha value is -2.99. The molecule has 0 spiro atoms. The lowest BCUT2D eigenvalue weighted by Gasteiger charge is -2.17. The first-order valence-electron chi connectivity index (χ1n) is 9.51. The predicted octanol–water partition coefficient (Wildman–Crippen LogP) is 4.09. The Bertz CT molecular complexity index is 1100. The zero-order valence-corrected chi connectivity index (χ0v) is 15.2. The van der Waals surface area contributed by atoms with Gasteiger partial charge in [0.2, 0.25) is 0 Å². The lowest BCUT2D eigenvalue weighted by atomic mass is 9.88. The van der Waals surface area contributed by atoms with Crippen molar-refractivity contribution in [1.82, 2.24) is 9.97 Å². The van der Waals surface area contributed by atoms with E-state index in [-0.39, 0.29) is 11.9 Å². The molecule has 2 aliphatic rings. The van der Waals surface area contributed by atoms with Crippen molar-refractivity contribution >= 4 is 5.97 Å². The highest BCUT2D eigenvalue weighted by Gasteiger charge is 2.36. The number of nitrogens with zero attached hydrogens (tertiary/aromatic N) is 1. The maximum atomic E-state index is 13.6. The molecule has 1 unspecified atom stereocenters. The Morgan fingerprint density at radius 1 is 1.29 bits per heavy atom. The van der Waals surface area contributed by atoms with Gasteiger partial charge < -0.3 is 15.8 Å². The van der Waals surface area contributed by atoms with Crippen LogP contribution < -0.4 is 5.73 Å². The summed E-state index contributed by atoms with van der Waals surface area (Å²) in [6, 6.07) is 7.94. The number of carbonyl (C=O) groups is 1. The summed E-state index contributed by atoms with van der Waals surface area (Å²) in [5.41, 5.74) is 12.2. The number of nitrogens with one attached hydrogen (secondary N) is 1. The van der Waals surface area contributed by atoms with E-state index in [1.165, 1.54) is 12.1 Å². The molecule has 0 saturated heterocycles. The number of carboxylic acids is 1. The minimum absolute atomic E-state index is 0.287. The minimum atomic E-state index is -0.938. The third-order valence-electron chi connectivity index (χ3n) is 5.83. The van der Waals surface area contributed by atoms with Crippen LogP contribution in [0.3, 0.4) is 0 Å². The smallest absolute Gasteiger partial charge is 0.337 e. The van der Waals surface area contributed by atoms with Gasteiger partial charge >= 0.3 is 5.97 Å². The number of rotatable bonds is 4. The third-order valence-corrected chi connectivity index (χ3v) is 5.83. The summed E-state index contributed by atoms with van der Waals surface area (Å²) in [6.07, 6.45) is 5.23. The average molecular weight is 377 g/mol. The van der Waals surface area contributed by atoms with Gasteiger partial charge in [0, 0.05) is 29.1 Å². The molecule has 1 atom stereocenters. The van der Waals surface area contributed by atoms with Crippen LogP contribution in [-0.4, -0.2) is 21.0 Å². The molecule has 2 aliphatic carbocycles. The quantitative estimate of drug-likeness (QED) is 0.639. The molecule has 5 nitrogen and oxygen atoms in total. The number of hydrogen-bond acceptors (Lipinski definition) is 3. The number of H-pyrrole nitrogens is 1. The number of halogens is 1. The van der Waals surface area contributed by atoms with E-state index < -0.39 is 5.97 Å². The SMILES string of the molecule is NC(c1[nH]c2c(c1C(=O)O)CCc1cnc(-c3cccc(F)c3)cc1-2)C1CC1. The zero-order valence-electron chi connectivity index (χ0n) is 15.2. The molecule has 6 heteroatoms. The third kappa shape index (κ3) is 2.72. The molecular formula is C22H20FN3O2. The molecule has 142 valence electrons. The van der Waals surface area contributed by atoms with Gasteiger partial charge in [-0.15, -0.1) is 0 Å². The number of fused-ring (bicyclic) bond motifs is 3. The molecule has 1 fully saturated rings. The van der Waals surface area contributed by atoms with Crippen LogP contribution in [0.15, 0.2) is 36.5 Å². The van der Waals surface area contributed by atoms with Gasteiger partial charge in [-0.1, -0.05) is 12.1 Å². The number of nitrogens with two attached hydrogens (primary N) is 1. The van der Waals surface area contributed by atoms with Crippen molar-refractivity contribution in [1.29, 1.82) is 0 Å². The van der Waals surface area contributed by atoms with Crippen LogP contribution in [0.5, 0.6) is 0 Å². The normalized spacial score (nSPS) is 16.4. The van der Waals surface area contributed by atoms with Crippen LogP contribution in [0.1, 0.15) is 46.1 Å². The highest BCUT2D eigenvalue weighted by atomic mass is 19.1. The number of aromatic carboxylic acids is 1. The van der Waals surface area contributed by atoms with Gasteiger partial charge in [0.25, 0.3) is 0 Å². The van der Waals surface area contributed by atoms with Gasteiger partial charge in [0.05, 0.1) is 17.0 Å². The molecule has 28 heavy (non-hydrogen) atoms. The highest BCUT2D eigenvalue weighted by Crippen LogP contribution is 2.44. The van der Waals surface area contributed by atoms with Gasteiger partial charge in [0.15, 0.2) is 0 Å². The predicted molar refractivity (Wildman–Crippen MR) is 103 cm³/mol. The second kappa shape index (κ2) is 6.27. The topological polar surface area (TPSA) is 92.0 Å². The van der Waals surface area contributed by atoms with E-state index in [2.05, 4.69) is 9.97 Å². The molecule has 2 aromatic heterocycles. The fraction of sp³-hybridized carbons (Fsp3) is 0.273. The molecule has 0 radical (unpaired) electrons. The molecule has 1 saturated carbocycles. The van der Waals surface area contributed by atoms with Crippen molar-refractivity contribution < 1.29 is 14.3 Å². The summed E-state index contributed by atoms with van der Waals surface area (Å²) in [6.45, 7) is 0. The van der Waals surface area contributed by atoms with Gasteiger partial charge in [-0.2, -0.15) is 0 Å². The van der Waals surface area contributed by atoms with Gasteiger partial charge in [-0.3, -0.25) is 4.98 Å². The van der Waals surface area contributed by atoms with Crippen molar-refractivity contribution in [2.45, 2.75) is 31.7 Å². The summed E-state index contributed by atoms with van der Waals surface area (Å²) in [5, 5.41) is 9.84. The van der Waals surface area contributed by atoms with Crippen molar-refractivity contribution in [3.8, 4) is 22.5 Å². The summed E-state index contributed by atoms with van der Waals surface area (Å²) in [5.74, 6) is -0.909. The lowest BCUT2D eigenvalue weighted by Crippen LogP contribution is -2.17. The van der Waals surface area contributed by atoms with Crippen LogP contribution >= 0.6 is 0 Å². The average Bonchev–Trinajstić information content (AvgIpc) is 3.45.